The van der Waals surface area contributed by atoms with Crippen LogP contribution in [0.15, 0.2) is 54.6 Å². The number of carboxylic acid groups (broad SMARTS) is 1. The van der Waals surface area contributed by atoms with Crippen LogP contribution in [0.2, 0.25) is 0 Å². The summed E-state index contributed by atoms with van der Waals surface area (Å²) < 4.78 is 13.1. The normalized spacial score (nSPS) is 11.7. The molecule has 5 heteroatoms. The Kier molecular flexibility index (Phi) is 5.25. The molecule has 0 spiro atoms. The lowest BCUT2D eigenvalue weighted by Crippen LogP contribution is -2.34. The molecule has 4 nitrogen and oxygen atoms in total. The summed E-state index contributed by atoms with van der Waals surface area (Å²) in [7, 11) is 0. The summed E-state index contributed by atoms with van der Waals surface area (Å²) in [4.78, 5) is 23.2. The minimum atomic E-state index is -0.983. The minimum Gasteiger partial charge on any atom is -0.481 e. The van der Waals surface area contributed by atoms with E-state index in [2.05, 4.69) is 5.32 Å². The number of hydrogen-bond acceptors (Lipinski definition) is 2. The van der Waals surface area contributed by atoms with Crippen LogP contribution in [0.3, 0.4) is 0 Å². The number of rotatable bonds is 6. The molecule has 0 fully saturated rings. The first kappa shape index (κ1) is 15.7. The van der Waals surface area contributed by atoms with Crippen LogP contribution in [-0.4, -0.2) is 23.5 Å². The van der Waals surface area contributed by atoms with Crippen molar-refractivity contribution in [3.8, 4) is 0 Å². The molecule has 0 aliphatic heterocycles. The molecule has 0 aliphatic rings. The van der Waals surface area contributed by atoms with Gasteiger partial charge in [-0.15, -0.1) is 0 Å². The number of halogens is 1. The lowest BCUT2D eigenvalue weighted by atomic mass is 9.99. The lowest BCUT2D eigenvalue weighted by molar-refractivity contribution is -0.141. The molecule has 0 heterocycles. The highest BCUT2D eigenvalue weighted by Gasteiger charge is 2.19. The highest BCUT2D eigenvalue weighted by molar-refractivity contribution is 5.94. The first-order valence-electron chi connectivity index (χ1n) is 6.87. The van der Waals surface area contributed by atoms with E-state index in [0.29, 0.717) is 6.42 Å². The first-order valence-corrected chi connectivity index (χ1v) is 6.87. The molecule has 0 aliphatic carbocycles. The highest BCUT2D eigenvalue weighted by atomic mass is 19.1. The second-order valence-electron chi connectivity index (χ2n) is 4.95. The van der Waals surface area contributed by atoms with Gasteiger partial charge < -0.3 is 10.4 Å². The molecule has 0 unspecified atom stereocenters. The van der Waals surface area contributed by atoms with Crippen molar-refractivity contribution in [1.82, 2.24) is 5.32 Å². The Labute approximate surface area is 127 Å². The van der Waals surface area contributed by atoms with Crippen molar-refractivity contribution in [2.24, 2.45) is 5.92 Å². The van der Waals surface area contributed by atoms with E-state index in [4.69, 9.17) is 0 Å². The molecule has 0 aromatic heterocycles. The van der Waals surface area contributed by atoms with Gasteiger partial charge in [0.2, 0.25) is 0 Å². The highest BCUT2D eigenvalue weighted by Crippen LogP contribution is 2.09. The molecule has 0 bridgehead atoms. The van der Waals surface area contributed by atoms with Crippen LogP contribution in [0.5, 0.6) is 0 Å². The maximum atomic E-state index is 13.1. The van der Waals surface area contributed by atoms with Crippen molar-refractivity contribution in [2.45, 2.75) is 6.42 Å². The fraction of sp³-hybridized carbons (Fsp3) is 0.176. The van der Waals surface area contributed by atoms with E-state index < -0.39 is 23.6 Å². The third kappa shape index (κ3) is 4.41. The molecule has 1 atom stereocenters. The summed E-state index contributed by atoms with van der Waals surface area (Å²) in [6, 6.07) is 14.5. The number of aliphatic carboxylic acids is 1. The molecule has 2 rings (SSSR count). The van der Waals surface area contributed by atoms with Gasteiger partial charge in [0.05, 0.1) is 5.92 Å². The summed E-state index contributed by atoms with van der Waals surface area (Å²) in [5.41, 5.74) is 1.05. The van der Waals surface area contributed by atoms with E-state index in [1.54, 1.807) is 0 Å². The van der Waals surface area contributed by atoms with Gasteiger partial charge in [-0.3, -0.25) is 9.59 Å². The molecule has 114 valence electrons. The Morgan fingerprint density at radius 1 is 1.09 bits per heavy atom. The Morgan fingerprint density at radius 3 is 2.45 bits per heavy atom. The smallest absolute Gasteiger partial charge is 0.308 e. The summed E-state index contributed by atoms with van der Waals surface area (Å²) >= 11 is 0. The number of carboxylic acids is 1. The number of hydrogen-bond donors (Lipinski definition) is 2. The molecular formula is C17H16FNO3. The van der Waals surface area contributed by atoms with E-state index in [9.17, 15) is 19.1 Å². The van der Waals surface area contributed by atoms with Crippen LogP contribution in [0.1, 0.15) is 15.9 Å². The van der Waals surface area contributed by atoms with Gasteiger partial charge in [-0.25, -0.2) is 4.39 Å². The molecule has 0 saturated heterocycles. The summed E-state index contributed by atoms with van der Waals surface area (Å²) in [5.74, 6) is -2.71. The predicted molar refractivity (Wildman–Crippen MR) is 80.0 cm³/mol. The van der Waals surface area contributed by atoms with Crippen molar-refractivity contribution < 1.29 is 19.1 Å². The zero-order valence-electron chi connectivity index (χ0n) is 11.8. The fourth-order valence-electron chi connectivity index (χ4n) is 2.09. The van der Waals surface area contributed by atoms with Gasteiger partial charge in [-0.1, -0.05) is 36.4 Å². The summed E-state index contributed by atoms with van der Waals surface area (Å²) in [5, 5.41) is 11.8. The van der Waals surface area contributed by atoms with Crippen molar-refractivity contribution in [2.75, 3.05) is 6.54 Å². The molecular weight excluding hydrogens is 285 g/mol. The predicted octanol–water partition coefficient (Wildman–Crippen LogP) is 2.50. The molecule has 2 aromatic carbocycles. The van der Waals surface area contributed by atoms with Gasteiger partial charge in [0.25, 0.3) is 5.91 Å². The van der Waals surface area contributed by atoms with Crippen LogP contribution in [-0.2, 0) is 11.2 Å². The van der Waals surface area contributed by atoms with E-state index >= 15 is 0 Å². The van der Waals surface area contributed by atoms with E-state index in [-0.39, 0.29) is 12.1 Å². The topological polar surface area (TPSA) is 66.4 Å². The first-order chi connectivity index (χ1) is 10.6. The maximum Gasteiger partial charge on any atom is 0.308 e. The van der Waals surface area contributed by atoms with Gasteiger partial charge in [-0.05, 0) is 30.2 Å². The number of benzene rings is 2. The third-order valence-corrected chi connectivity index (χ3v) is 3.27. The largest absolute Gasteiger partial charge is 0.481 e. The Bertz CT molecular complexity index is 658. The summed E-state index contributed by atoms with van der Waals surface area (Å²) in [6.45, 7) is -0.0143. The second kappa shape index (κ2) is 7.36. The zero-order valence-corrected chi connectivity index (χ0v) is 11.8. The van der Waals surface area contributed by atoms with E-state index in [1.165, 1.54) is 18.2 Å². The maximum absolute atomic E-state index is 13.1. The van der Waals surface area contributed by atoms with Crippen LogP contribution in [0, 0.1) is 11.7 Å². The van der Waals surface area contributed by atoms with Gasteiger partial charge in [0, 0.05) is 12.1 Å². The average molecular weight is 301 g/mol. The fourth-order valence-corrected chi connectivity index (χ4v) is 2.09. The quantitative estimate of drug-likeness (QED) is 0.861. The molecule has 22 heavy (non-hydrogen) atoms. The van der Waals surface area contributed by atoms with Gasteiger partial charge in [0.1, 0.15) is 5.82 Å². The Balaban J connectivity index is 1.97. The Hall–Kier alpha value is -2.69. The van der Waals surface area contributed by atoms with Crippen molar-refractivity contribution in [3.63, 3.8) is 0 Å². The number of amides is 1. The molecule has 0 radical (unpaired) electrons. The molecule has 0 saturated carbocycles. The van der Waals surface area contributed by atoms with Crippen molar-refractivity contribution in [3.05, 3.63) is 71.5 Å². The number of carbonyl (C=O) groups is 2. The third-order valence-electron chi connectivity index (χ3n) is 3.27. The monoisotopic (exact) mass is 301 g/mol. The number of carbonyl (C=O) groups excluding carboxylic acids is 1. The SMILES string of the molecule is O=C(NC[C@H](Cc1ccccc1)C(=O)O)c1cccc(F)c1. The molecule has 2 aromatic rings. The molecule has 2 N–H and O–H groups in total. The van der Waals surface area contributed by atoms with Gasteiger partial charge >= 0.3 is 5.97 Å². The standard InChI is InChI=1S/C17H16FNO3/c18-15-8-4-7-13(10-15)16(20)19-11-14(17(21)22)9-12-5-2-1-3-6-12/h1-8,10,14H,9,11H2,(H,19,20)(H,21,22)/t14-/m0/s1. The molecule has 1 amide bonds. The van der Waals surface area contributed by atoms with Crippen molar-refractivity contribution in [1.29, 1.82) is 0 Å². The zero-order chi connectivity index (χ0) is 15.9. The van der Waals surface area contributed by atoms with Crippen molar-refractivity contribution >= 4 is 11.9 Å². The average Bonchev–Trinajstić information content (AvgIpc) is 2.51. The lowest BCUT2D eigenvalue weighted by Gasteiger charge is -2.13. The van der Waals surface area contributed by atoms with Gasteiger partial charge in [-0.2, -0.15) is 0 Å². The Morgan fingerprint density at radius 2 is 1.82 bits per heavy atom. The second-order valence-corrected chi connectivity index (χ2v) is 4.95. The van der Waals surface area contributed by atoms with Crippen LogP contribution in [0.25, 0.3) is 0 Å². The van der Waals surface area contributed by atoms with E-state index in [0.717, 1.165) is 11.6 Å². The number of nitrogens with one attached hydrogen (secondary N) is 1. The van der Waals surface area contributed by atoms with Crippen LogP contribution >= 0.6 is 0 Å². The minimum absolute atomic E-state index is 0.0143. The van der Waals surface area contributed by atoms with Gasteiger partial charge in [0.15, 0.2) is 0 Å². The van der Waals surface area contributed by atoms with Crippen LogP contribution < -0.4 is 5.32 Å². The van der Waals surface area contributed by atoms with E-state index in [1.807, 2.05) is 30.3 Å². The summed E-state index contributed by atoms with van der Waals surface area (Å²) in [6.07, 6.45) is 0.319. The van der Waals surface area contributed by atoms with Crippen LogP contribution in [0.4, 0.5) is 4.39 Å².